The molecule has 2 aromatic carbocycles. The Balaban J connectivity index is 1.70. The van der Waals surface area contributed by atoms with Crippen LogP contribution in [0.3, 0.4) is 0 Å². The zero-order valence-corrected chi connectivity index (χ0v) is 12.3. The Labute approximate surface area is 131 Å². The number of fused-ring (bicyclic) bond motifs is 1. The van der Waals surface area contributed by atoms with Crippen LogP contribution in [0.4, 0.5) is 0 Å². The molecule has 0 bridgehead atoms. The minimum atomic E-state index is -0.330. The summed E-state index contributed by atoms with van der Waals surface area (Å²) in [5, 5.41) is 13.4. The van der Waals surface area contributed by atoms with E-state index in [1.807, 2.05) is 0 Å². The smallest absolute Gasteiger partial charge is 0.271 e. The Kier molecular flexibility index (Phi) is 3.92. The maximum Gasteiger partial charge on any atom is 0.271 e. The lowest BCUT2D eigenvalue weighted by Gasteiger charge is -2.03. The van der Waals surface area contributed by atoms with E-state index in [1.165, 1.54) is 19.4 Å². The van der Waals surface area contributed by atoms with Crippen molar-refractivity contribution in [1.29, 1.82) is 0 Å². The lowest BCUT2D eigenvalue weighted by atomic mass is 10.2. The van der Waals surface area contributed by atoms with Gasteiger partial charge in [-0.3, -0.25) is 4.79 Å². The topological polar surface area (TPSA) is 99.6 Å². The molecule has 0 fully saturated rings. The number of ether oxygens (including phenoxy) is 1. The lowest BCUT2D eigenvalue weighted by molar-refractivity contribution is 0.0955. The van der Waals surface area contributed by atoms with Crippen molar-refractivity contribution in [3.05, 3.63) is 53.9 Å². The molecule has 0 saturated carbocycles. The molecule has 3 rings (SSSR count). The van der Waals surface area contributed by atoms with Gasteiger partial charge in [0.15, 0.2) is 11.5 Å². The number of benzene rings is 2. The molecular formula is C16H14N4O3. The molecule has 116 valence electrons. The first-order valence-corrected chi connectivity index (χ1v) is 6.81. The highest BCUT2D eigenvalue weighted by atomic mass is 16.5. The number of H-pyrrole nitrogens is 1. The number of phenols is 1. The van der Waals surface area contributed by atoms with Gasteiger partial charge in [0.1, 0.15) is 0 Å². The Morgan fingerprint density at radius 2 is 2.22 bits per heavy atom. The van der Waals surface area contributed by atoms with Crippen LogP contribution < -0.4 is 10.2 Å². The molecule has 0 aliphatic carbocycles. The summed E-state index contributed by atoms with van der Waals surface area (Å²) in [7, 11) is 1.46. The van der Waals surface area contributed by atoms with Crippen LogP contribution in [0.1, 0.15) is 15.9 Å². The minimum Gasteiger partial charge on any atom is -0.504 e. The Bertz CT molecular complexity index is 886. The van der Waals surface area contributed by atoms with Crippen molar-refractivity contribution in [1.82, 2.24) is 15.4 Å². The molecular weight excluding hydrogens is 296 g/mol. The zero-order chi connectivity index (χ0) is 16.2. The second kappa shape index (κ2) is 6.18. The van der Waals surface area contributed by atoms with Crippen LogP contribution in [0.15, 0.2) is 47.8 Å². The van der Waals surface area contributed by atoms with Gasteiger partial charge in [-0.15, -0.1) is 0 Å². The summed E-state index contributed by atoms with van der Waals surface area (Å²) in [5.41, 5.74) is 5.18. The summed E-state index contributed by atoms with van der Waals surface area (Å²) in [6.45, 7) is 0. The first-order valence-electron chi connectivity index (χ1n) is 6.81. The van der Waals surface area contributed by atoms with Crippen molar-refractivity contribution < 1.29 is 14.6 Å². The van der Waals surface area contributed by atoms with Crippen molar-refractivity contribution in [3.8, 4) is 11.5 Å². The number of hydrazone groups is 1. The van der Waals surface area contributed by atoms with Crippen LogP contribution in [0, 0.1) is 0 Å². The van der Waals surface area contributed by atoms with Crippen molar-refractivity contribution in [2.24, 2.45) is 5.10 Å². The van der Waals surface area contributed by atoms with Gasteiger partial charge < -0.3 is 14.8 Å². The van der Waals surface area contributed by atoms with E-state index >= 15 is 0 Å². The van der Waals surface area contributed by atoms with E-state index in [0.29, 0.717) is 16.9 Å². The number of nitrogens with one attached hydrogen (secondary N) is 2. The van der Waals surface area contributed by atoms with Crippen LogP contribution in [-0.2, 0) is 0 Å². The number of aromatic nitrogens is 2. The number of methoxy groups -OCH3 is 1. The van der Waals surface area contributed by atoms with E-state index < -0.39 is 0 Å². The number of hydrogen-bond acceptors (Lipinski definition) is 5. The van der Waals surface area contributed by atoms with Gasteiger partial charge >= 0.3 is 0 Å². The van der Waals surface area contributed by atoms with Gasteiger partial charge in [0.25, 0.3) is 5.91 Å². The molecule has 0 aliphatic heterocycles. The van der Waals surface area contributed by atoms with Gasteiger partial charge in [0, 0.05) is 5.56 Å². The number of hydrogen-bond donors (Lipinski definition) is 3. The largest absolute Gasteiger partial charge is 0.504 e. The average molecular weight is 310 g/mol. The molecule has 3 N–H and O–H groups in total. The van der Waals surface area contributed by atoms with Crippen LogP contribution in [0.2, 0.25) is 0 Å². The molecule has 1 amide bonds. The summed E-state index contributed by atoms with van der Waals surface area (Å²) in [5.74, 6) is 0.0509. The Hall–Kier alpha value is -3.35. The second-order valence-corrected chi connectivity index (χ2v) is 4.76. The molecule has 0 aliphatic rings. The molecule has 0 atom stereocenters. The number of carbonyl (C=O) groups excluding carboxylic acids is 1. The summed E-state index contributed by atoms with van der Waals surface area (Å²) >= 11 is 0. The molecule has 0 unspecified atom stereocenters. The number of aromatic amines is 1. The van der Waals surface area contributed by atoms with Gasteiger partial charge in [-0.1, -0.05) is 0 Å². The minimum absolute atomic E-state index is 0.0431. The molecule has 3 aromatic rings. The summed E-state index contributed by atoms with van der Waals surface area (Å²) in [6, 6.07) is 9.91. The molecule has 7 nitrogen and oxygen atoms in total. The predicted octanol–water partition coefficient (Wildman–Crippen LogP) is 2.04. The molecule has 7 heteroatoms. The fourth-order valence-electron chi connectivity index (χ4n) is 2.08. The molecule has 0 radical (unpaired) electrons. The third kappa shape index (κ3) is 3.13. The molecule has 0 spiro atoms. The first-order chi connectivity index (χ1) is 11.2. The first kappa shape index (κ1) is 14.6. The maximum absolute atomic E-state index is 12.1. The summed E-state index contributed by atoms with van der Waals surface area (Å²) in [6.07, 6.45) is 3.04. The fraction of sp³-hybridized carbons (Fsp3) is 0.0625. The molecule has 1 aromatic heterocycles. The third-order valence-corrected chi connectivity index (χ3v) is 3.27. The average Bonchev–Trinajstić information content (AvgIpc) is 3.03. The highest BCUT2D eigenvalue weighted by molar-refractivity contribution is 5.97. The number of aromatic hydroxyl groups is 1. The van der Waals surface area contributed by atoms with Crippen LogP contribution in [0.5, 0.6) is 11.5 Å². The normalized spacial score (nSPS) is 11.0. The van der Waals surface area contributed by atoms with Crippen molar-refractivity contribution in [3.63, 3.8) is 0 Å². The fourth-order valence-corrected chi connectivity index (χ4v) is 2.08. The van der Waals surface area contributed by atoms with Crippen molar-refractivity contribution in [2.45, 2.75) is 0 Å². The monoisotopic (exact) mass is 310 g/mol. The third-order valence-electron chi connectivity index (χ3n) is 3.27. The van der Waals surface area contributed by atoms with E-state index in [2.05, 4.69) is 20.5 Å². The predicted molar refractivity (Wildman–Crippen MR) is 85.8 cm³/mol. The van der Waals surface area contributed by atoms with E-state index in [1.54, 1.807) is 36.7 Å². The van der Waals surface area contributed by atoms with Crippen molar-refractivity contribution in [2.75, 3.05) is 7.11 Å². The van der Waals surface area contributed by atoms with E-state index in [4.69, 9.17) is 4.74 Å². The van der Waals surface area contributed by atoms with Crippen LogP contribution >= 0.6 is 0 Å². The molecule has 23 heavy (non-hydrogen) atoms. The van der Waals surface area contributed by atoms with Gasteiger partial charge in [-0.2, -0.15) is 5.10 Å². The van der Waals surface area contributed by atoms with Crippen molar-refractivity contribution >= 4 is 23.2 Å². The number of rotatable bonds is 4. The maximum atomic E-state index is 12.1. The number of carbonyl (C=O) groups is 1. The van der Waals surface area contributed by atoms with E-state index in [-0.39, 0.29) is 11.7 Å². The second-order valence-electron chi connectivity index (χ2n) is 4.76. The Morgan fingerprint density at radius 3 is 3.04 bits per heavy atom. The highest BCUT2D eigenvalue weighted by Gasteiger charge is 2.06. The molecule has 0 saturated heterocycles. The zero-order valence-electron chi connectivity index (χ0n) is 12.3. The quantitative estimate of drug-likeness (QED) is 0.507. The van der Waals surface area contributed by atoms with E-state index in [9.17, 15) is 9.90 Å². The van der Waals surface area contributed by atoms with Crippen LogP contribution in [-0.4, -0.2) is 34.3 Å². The summed E-state index contributed by atoms with van der Waals surface area (Å²) < 4.78 is 5.01. The molecule has 1 heterocycles. The van der Waals surface area contributed by atoms with Gasteiger partial charge in [0.2, 0.25) is 0 Å². The number of amides is 1. The van der Waals surface area contributed by atoms with Crippen LogP contribution in [0.25, 0.3) is 11.0 Å². The lowest BCUT2D eigenvalue weighted by Crippen LogP contribution is -2.17. The Morgan fingerprint density at radius 1 is 1.35 bits per heavy atom. The SMILES string of the molecule is COc1cc(/C=N/NC(=O)c2ccc3nc[nH]c3c2)ccc1O. The van der Waals surface area contributed by atoms with Gasteiger partial charge in [-0.05, 0) is 42.0 Å². The number of imidazole rings is 1. The van der Waals surface area contributed by atoms with Gasteiger partial charge in [-0.25, -0.2) is 10.4 Å². The highest BCUT2D eigenvalue weighted by Crippen LogP contribution is 2.25. The number of phenolic OH excluding ortho intramolecular Hbond substituents is 1. The standard InChI is InChI=1S/C16H14N4O3/c1-23-15-6-10(2-5-14(15)21)8-19-20-16(22)11-3-4-12-13(7-11)18-9-17-12/h2-9,21H,1H3,(H,17,18)(H,20,22)/b19-8+. The summed E-state index contributed by atoms with van der Waals surface area (Å²) in [4.78, 5) is 19.1. The number of nitrogens with zero attached hydrogens (tertiary/aromatic N) is 2. The van der Waals surface area contributed by atoms with E-state index in [0.717, 1.165) is 11.0 Å². The van der Waals surface area contributed by atoms with Gasteiger partial charge in [0.05, 0.1) is 30.7 Å².